The van der Waals surface area contributed by atoms with E-state index in [-0.39, 0.29) is 95.2 Å². The van der Waals surface area contributed by atoms with Crippen LogP contribution in [0.2, 0.25) is 0 Å². The van der Waals surface area contributed by atoms with Crippen molar-refractivity contribution < 1.29 is 96.5 Å². The average molecular weight is 1770 g/mol. The van der Waals surface area contributed by atoms with Gasteiger partial charge in [-0.1, -0.05) is 75.5 Å². The van der Waals surface area contributed by atoms with Gasteiger partial charge in [-0.05, 0) is 120 Å². The van der Waals surface area contributed by atoms with Crippen LogP contribution >= 0.6 is 25.3 Å². The highest BCUT2D eigenvalue weighted by Crippen LogP contribution is 2.22. The van der Waals surface area contributed by atoms with Crippen molar-refractivity contribution in [2.24, 2.45) is 34.0 Å². The molecule has 0 saturated carbocycles. The number of aliphatic hydroxyl groups is 2. The zero-order valence-electron chi connectivity index (χ0n) is 69.6. The number of azide groups is 1. The predicted molar refractivity (Wildman–Crippen MR) is 452 cm³/mol. The van der Waals surface area contributed by atoms with E-state index in [1.165, 1.54) is 4.90 Å². The molecule has 1 aromatic rings. The molecule has 2 aliphatic heterocycles. The molecule has 27 N–H and O–H groups in total. The maximum atomic E-state index is 14.7. The van der Waals surface area contributed by atoms with Gasteiger partial charge in [0.1, 0.15) is 66.5 Å². The van der Waals surface area contributed by atoms with Crippen LogP contribution in [-0.2, 0) is 92.7 Å². The van der Waals surface area contributed by atoms with Crippen molar-refractivity contribution in [3.63, 3.8) is 0 Å². The quantitative estimate of drug-likeness (QED) is 0.00548. The van der Waals surface area contributed by atoms with Gasteiger partial charge >= 0.3 is 0 Å². The number of nitrogens with two attached hydrogens (primary N) is 4. The molecule has 12 atom stereocenters. The molecule has 0 unspecified atom stereocenters. The van der Waals surface area contributed by atoms with Gasteiger partial charge in [-0.3, -0.25) is 91.7 Å². The SMILES string of the molecule is CCCC[C@@H](NC(=O)[C@@H]1CCCN1C(=O)CNC(=O)[C@H](CCCCN)NC(=O)[C@H](CS)NC(=O)[C@H](CO)NC(=O)[C@H](CC(C)C)NC(=O)[C@H](CS)NC(=O)[C@@H]1CCCN1C(=O)[C@H](CCCNC(=N)N)NC(=O)[C@H](CCC(N)=O)NC(=O)[C@H](CO)NC(=O)CNC(=O)CNC(=O)CNC(=O)CNC(=O)[C@@H](N)CCCCN=[N+]=[N-])C(=O)NCCc1ccccc1. The summed E-state index contributed by atoms with van der Waals surface area (Å²) in [5, 5.41) is 70.9. The van der Waals surface area contributed by atoms with E-state index in [0.717, 1.165) is 16.9 Å². The number of carbonyl (C=O) groups is 18. The standard InChI is InChI=1S/C75H124N26O20S2/c1-4-5-19-46(64(111)82-30-26-44-16-7-6-8-17-44)93-72(119)55-22-14-31-100(55)62(109)38-88-65(112)47(20-9-11-27-76)91-70(117)53(41-122)97-69(116)52(40-103)96-67(114)50(33-43(2)3)95-71(118)54(42-123)98-73(120)56-23-15-32-101(56)74(121)49(21-13-28-83-75(79)80)94-66(113)48(24-25-57(78)104)92-68(115)51(39-102)90-61(108)37-86-59(106)35-84-58(105)34-85-60(107)36-87-63(110)45(77)18-10-12-29-89-99-81/h6-8,16-17,43,45-56,102-103,122-123H,4-5,9-15,18-42,76-77H2,1-3H3,(H2,78,104)(H,82,111)(H,84,105)(H,85,107)(H,86,106)(H,87,110)(H,88,112)(H,90,108)(H,91,117)(H,92,115)(H,93,119)(H,94,113)(H,95,118)(H,96,114)(H,97,116)(H,98,120)(H4,79,80,83)/t45-,46+,47-,48-,49-,50-,51-,52-,53-,54-,55-,56-/m0/s1. The van der Waals surface area contributed by atoms with Gasteiger partial charge < -0.3 is 128 Å². The monoisotopic (exact) mass is 1770 g/mol. The third-order valence-electron chi connectivity index (χ3n) is 19.5. The first kappa shape index (κ1) is 106. The lowest BCUT2D eigenvalue weighted by Gasteiger charge is -2.31. The Labute approximate surface area is 723 Å². The van der Waals surface area contributed by atoms with Gasteiger partial charge in [-0.15, -0.1) is 0 Å². The Morgan fingerprint density at radius 3 is 1.52 bits per heavy atom. The number of likely N-dealkylation sites (tertiary alicyclic amines) is 2. The molecule has 46 nitrogen and oxygen atoms in total. The number of primary amides is 1. The van der Waals surface area contributed by atoms with Crippen molar-refractivity contribution in [3.8, 4) is 0 Å². The predicted octanol–water partition coefficient (Wildman–Crippen LogP) is -8.18. The first-order chi connectivity index (χ1) is 58.6. The second-order valence-electron chi connectivity index (χ2n) is 29.7. The van der Waals surface area contributed by atoms with Crippen molar-refractivity contribution in [1.29, 1.82) is 5.41 Å². The van der Waals surface area contributed by atoms with Crippen molar-refractivity contribution >= 4 is 138 Å². The fraction of sp³-hybridized carbons (Fsp3) is 0.667. The highest BCUT2D eigenvalue weighted by Gasteiger charge is 2.42. The molecular formula is C75H124N26O20S2. The number of amides is 18. The minimum Gasteiger partial charge on any atom is -0.394 e. The summed E-state index contributed by atoms with van der Waals surface area (Å²) < 4.78 is 0. The number of aliphatic hydroxyl groups excluding tert-OH is 2. The van der Waals surface area contributed by atoms with Crippen LogP contribution in [0.15, 0.2) is 35.4 Å². The number of nitrogens with zero attached hydrogens (tertiary/aromatic N) is 5. The van der Waals surface area contributed by atoms with Crippen LogP contribution in [0.3, 0.4) is 0 Å². The van der Waals surface area contributed by atoms with Crippen LogP contribution in [0, 0.1) is 11.3 Å². The number of unbranched alkanes of at least 4 members (excludes halogenated alkanes) is 3. The van der Waals surface area contributed by atoms with E-state index in [1.54, 1.807) is 13.8 Å². The normalized spacial score (nSPS) is 15.8. The third kappa shape index (κ3) is 40.6. The van der Waals surface area contributed by atoms with Crippen LogP contribution in [0.25, 0.3) is 10.4 Å². The number of benzene rings is 1. The number of thiol groups is 2. The van der Waals surface area contributed by atoms with Gasteiger partial charge in [-0.25, -0.2) is 0 Å². The van der Waals surface area contributed by atoms with Crippen molar-refractivity contribution in [2.45, 2.75) is 215 Å². The van der Waals surface area contributed by atoms with Crippen molar-refractivity contribution in [1.82, 2.24) is 94.9 Å². The van der Waals surface area contributed by atoms with E-state index in [2.05, 4.69) is 120 Å². The summed E-state index contributed by atoms with van der Waals surface area (Å²) in [6.07, 6.45) is 4.04. The molecule has 686 valence electrons. The summed E-state index contributed by atoms with van der Waals surface area (Å²) in [4.78, 5) is 247. The number of guanidine groups is 1. The Morgan fingerprint density at radius 2 is 0.959 bits per heavy atom. The van der Waals surface area contributed by atoms with E-state index in [9.17, 15) is 96.5 Å². The van der Waals surface area contributed by atoms with E-state index in [0.29, 0.717) is 64.3 Å². The molecule has 48 heteroatoms. The second-order valence-corrected chi connectivity index (χ2v) is 30.4. The lowest BCUT2D eigenvalue weighted by atomic mass is 10.0. The van der Waals surface area contributed by atoms with Crippen LogP contribution < -0.4 is 108 Å². The van der Waals surface area contributed by atoms with Crippen molar-refractivity contribution in [2.75, 3.05) is 96.7 Å². The zero-order chi connectivity index (χ0) is 91.5. The molecule has 1 aromatic carbocycles. The highest BCUT2D eigenvalue weighted by atomic mass is 32.1. The van der Waals surface area contributed by atoms with E-state index < -0.39 is 243 Å². The van der Waals surface area contributed by atoms with Gasteiger partial charge in [0.2, 0.25) is 106 Å². The molecule has 2 aliphatic rings. The molecule has 0 aromatic heterocycles. The number of hydrogen-bond donors (Lipinski definition) is 25. The van der Waals surface area contributed by atoms with Gasteiger partial charge in [0.05, 0.1) is 52.0 Å². The average Bonchev–Trinajstić information content (AvgIpc) is 1.72. The highest BCUT2D eigenvalue weighted by molar-refractivity contribution is 7.80. The Bertz CT molecular complexity index is 3780. The van der Waals surface area contributed by atoms with Crippen LogP contribution in [0.4, 0.5) is 0 Å². The molecule has 2 saturated heterocycles. The lowest BCUT2D eigenvalue weighted by Crippen LogP contribution is -2.61. The molecule has 0 aliphatic carbocycles. The lowest BCUT2D eigenvalue weighted by molar-refractivity contribution is -0.142. The first-order valence-electron chi connectivity index (χ1n) is 40.9. The fourth-order valence-electron chi connectivity index (χ4n) is 12.7. The Kier molecular flexibility index (Phi) is 50.6. The first-order valence-corrected chi connectivity index (χ1v) is 42.2. The third-order valence-corrected chi connectivity index (χ3v) is 20.2. The van der Waals surface area contributed by atoms with E-state index in [1.807, 2.05) is 37.3 Å². The van der Waals surface area contributed by atoms with Gasteiger partial charge in [0.25, 0.3) is 0 Å². The van der Waals surface area contributed by atoms with Crippen LogP contribution in [0.1, 0.15) is 142 Å². The largest absolute Gasteiger partial charge is 0.394 e. The van der Waals surface area contributed by atoms with Crippen LogP contribution in [-0.4, -0.2) is 302 Å². The van der Waals surface area contributed by atoms with Gasteiger partial charge in [0.15, 0.2) is 5.96 Å². The molecule has 2 fully saturated rings. The molecule has 18 amide bonds. The fourth-order valence-corrected chi connectivity index (χ4v) is 13.3. The summed E-state index contributed by atoms with van der Waals surface area (Å²) in [6.45, 7) is 0.848. The number of nitrogens with one attached hydrogen (secondary N) is 17. The topological polar surface area (TPSA) is 723 Å². The van der Waals surface area contributed by atoms with Gasteiger partial charge in [-0.2, -0.15) is 25.3 Å². The number of hydrogen-bond acceptors (Lipinski definition) is 26. The van der Waals surface area contributed by atoms with Crippen molar-refractivity contribution in [3.05, 3.63) is 46.3 Å². The Balaban J connectivity index is 1.66. The minimum atomic E-state index is -1.82. The number of rotatable bonds is 59. The minimum absolute atomic E-state index is 0.0140. The van der Waals surface area contributed by atoms with E-state index >= 15 is 0 Å². The Hall–Kier alpha value is -11.2. The summed E-state index contributed by atoms with van der Waals surface area (Å²) >= 11 is 8.55. The molecule has 0 bridgehead atoms. The summed E-state index contributed by atoms with van der Waals surface area (Å²) in [7, 11) is 0. The van der Waals surface area contributed by atoms with Crippen LogP contribution in [0.5, 0.6) is 0 Å². The summed E-state index contributed by atoms with van der Waals surface area (Å²) in [6, 6.07) is -7.10. The molecule has 2 heterocycles. The molecule has 0 radical (unpaired) electrons. The zero-order valence-corrected chi connectivity index (χ0v) is 71.4. The smallest absolute Gasteiger partial charge is 0.245 e. The van der Waals surface area contributed by atoms with Gasteiger partial charge in [0, 0.05) is 55.6 Å². The summed E-state index contributed by atoms with van der Waals surface area (Å²) in [5.41, 5.74) is 31.8. The maximum Gasteiger partial charge on any atom is 0.245 e. The molecular weight excluding hydrogens is 1650 g/mol. The van der Waals surface area contributed by atoms with E-state index in [4.69, 9.17) is 33.9 Å². The molecule has 123 heavy (non-hydrogen) atoms. The second kappa shape index (κ2) is 58.7. The summed E-state index contributed by atoms with van der Waals surface area (Å²) in [5.74, 6) is -17.0. The maximum absolute atomic E-state index is 14.7. The Morgan fingerprint density at radius 1 is 0.504 bits per heavy atom. The number of carbonyl (C=O) groups excluding carboxylic acids is 18. The molecule has 3 rings (SSSR count). The molecule has 0 spiro atoms.